The van der Waals surface area contributed by atoms with E-state index in [0.29, 0.717) is 15.8 Å². The fourth-order valence-corrected chi connectivity index (χ4v) is 3.29. The quantitative estimate of drug-likeness (QED) is 0.873. The van der Waals surface area contributed by atoms with Gasteiger partial charge in [-0.2, -0.15) is 0 Å². The van der Waals surface area contributed by atoms with Crippen molar-refractivity contribution in [1.29, 1.82) is 0 Å². The maximum atomic E-state index is 10.8. The first kappa shape index (κ1) is 12.0. The van der Waals surface area contributed by atoms with Crippen molar-refractivity contribution >= 4 is 40.9 Å². The molecule has 1 heterocycles. The third-order valence-corrected chi connectivity index (χ3v) is 3.97. The summed E-state index contributed by atoms with van der Waals surface area (Å²) in [5, 5.41) is 12.9. The van der Waals surface area contributed by atoms with Crippen molar-refractivity contribution in [3.05, 3.63) is 33.8 Å². The van der Waals surface area contributed by atoms with Crippen molar-refractivity contribution in [2.45, 2.75) is 11.4 Å². The van der Waals surface area contributed by atoms with Crippen LogP contribution in [-0.4, -0.2) is 22.9 Å². The molecule has 86 valence electrons. The summed E-state index contributed by atoms with van der Waals surface area (Å²) in [4.78, 5) is 10.8. The molecule has 2 atom stereocenters. The van der Waals surface area contributed by atoms with Crippen molar-refractivity contribution in [3.8, 4) is 0 Å². The van der Waals surface area contributed by atoms with Crippen molar-refractivity contribution in [2.75, 3.05) is 5.75 Å². The lowest BCUT2D eigenvalue weighted by molar-refractivity contribution is -0.138. The molecule has 1 saturated heterocycles. The number of carboxylic acid groups (broad SMARTS) is 1. The molecule has 1 aliphatic rings. The number of rotatable bonds is 2. The minimum absolute atomic E-state index is 0.0581. The number of thioether (sulfide) groups is 1. The van der Waals surface area contributed by atoms with Gasteiger partial charge in [-0.25, -0.2) is 0 Å². The lowest BCUT2D eigenvalue weighted by atomic mass is 10.2. The van der Waals surface area contributed by atoms with Crippen LogP contribution in [0.1, 0.15) is 10.9 Å². The molecule has 3 nitrogen and oxygen atoms in total. The lowest BCUT2D eigenvalue weighted by Crippen LogP contribution is -2.33. The topological polar surface area (TPSA) is 49.3 Å². The highest BCUT2D eigenvalue weighted by atomic mass is 35.5. The van der Waals surface area contributed by atoms with Gasteiger partial charge < -0.3 is 5.11 Å². The Morgan fingerprint density at radius 2 is 2.00 bits per heavy atom. The van der Waals surface area contributed by atoms with Gasteiger partial charge >= 0.3 is 5.97 Å². The Kier molecular flexibility index (Phi) is 3.64. The maximum absolute atomic E-state index is 10.8. The summed E-state index contributed by atoms with van der Waals surface area (Å²) in [6.45, 7) is 0. The van der Waals surface area contributed by atoms with Crippen LogP contribution in [0.25, 0.3) is 0 Å². The van der Waals surface area contributed by atoms with Gasteiger partial charge in [-0.1, -0.05) is 23.2 Å². The second-order valence-corrected chi connectivity index (χ2v) is 5.48. The van der Waals surface area contributed by atoms with Gasteiger partial charge in [0, 0.05) is 15.8 Å². The smallest absolute Gasteiger partial charge is 0.321 e. The molecule has 0 aromatic heterocycles. The maximum Gasteiger partial charge on any atom is 0.321 e. The van der Waals surface area contributed by atoms with Crippen LogP contribution in [0.5, 0.6) is 0 Å². The molecule has 1 aromatic rings. The Hall–Kier alpha value is -0.420. The SMILES string of the molecule is O=C(O)[C@@H]1CSC(c2cc(Cl)cc(Cl)c2)N1. The van der Waals surface area contributed by atoms with E-state index >= 15 is 0 Å². The van der Waals surface area contributed by atoms with Crippen molar-refractivity contribution in [1.82, 2.24) is 5.32 Å². The molecule has 1 aromatic carbocycles. The molecule has 0 spiro atoms. The zero-order valence-electron chi connectivity index (χ0n) is 8.11. The summed E-state index contributed by atoms with van der Waals surface area (Å²) in [6.07, 6.45) is 0. The molecule has 1 unspecified atom stereocenters. The fourth-order valence-electron chi connectivity index (χ4n) is 1.53. The molecule has 1 aliphatic heterocycles. The average molecular weight is 278 g/mol. The first-order valence-electron chi connectivity index (χ1n) is 4.63. The first-order chi connectivity index (χ1) is 7.56. The van der Waals surface area contributed by atoms with Crippen LogP contribution in [0.3, 0.4) is 0 Å². The predicted octanol–water partition coefficient (Wildman–Crippen LogP) is 2.78. The van der Waals surface area contributed by atoms with Gasteiger partial charge in [-0.05, 0) is 23.8 Å². The molecule has 0 saturated carbocycles. The van der Waals surface area contributed by atoms with E-state index in [4.69, 9.17) is 28.3 Å². The summed E-state index contributed by atoms with van der Waals surface area (Å²) < 4.78 is 0. The minimum Gasteiger partial charge on any atom is -0.480 e. The summed E-state index contributed by atoms with van der Waals surface area (Å²) in [6, 6.07) is 4.73. The Labute approximate surface area is 107 Å². The number of aliphatic carboxylic acids is 1. The first-order valence-corrected chi connectivity index (χ1v) is 6.43. The predicted molar refractivity (Wildman–Crippen MR) is 66.2 cm³/mol. The van der Waals surface area contributed by atoms with Crippen LogP contribution in [0.4, 0.5) is 0 Å². The molecule has 0 radical (unpaired) electrons. The van der Waals surface area contributed by atoms with Gasteiger partial charge in [0.1, 0.15) is 6.04 Å². The standard InChI is InChI=1S/C10H9Cl2NO2S/c11-6-1-5(2-7(12)3-6)9-13-8(4-16-9)10(14)15/h1-3,8-9,13H,4H2,(H,14,15)/t8-,9?/m0/s1. The number of carboxylic acids is 1. The number of hydrogen-bond donors (Lipinski definition) is 2. The number of halogens is 2. The summed E-state index contributed by atoms with van der Waals surface area (Å²) in [5.41, 5.74) is 0.909. The highest BCUT2D eigenvalue weighted by Crippen LogP contribution is 2.35. The van der Waals surface area contributed by atoms with Crippen LogP contribution in [-0.2, 0) is 4.79 Å². The van der Waals surface area contributed by atoms with Gasteiger partial charge in [0.2, 0.25) is 0 Å². The molecule has 16 heavy (non-hydrogen) atoms. The highest BCUT2D eigenvalue weighted by molar-refractivity contribution is 7.99. The number of hydrogen-bond acceptors (Lipinski definition) is 3. The summed E-state index contributed by atoms with van der Waals surface area (Å²) in [7, 11) is 0. The summed E-state index contributed by atoms with van der Waals surface area (Å²) >= 11 is 13.3. The van der Waals surface area contributed by atoms with Gasteiger partial charge in [-0.15, -0.1) is 11.8 Å². The molecule has 2 rings (SSSR count). The molecule has 2 N–H and O–H groups in total. The molecule has 0 amide bonds. The van der Waals surface area contributed by atoms with Crippen LogP contribution >= 0.6 is 35.0 Å². The molecule has 1 fully saturated rings. The van der Waals surface area contributed by atoms with E-state index in [-0.39, 0.29) is 5.37 Å². The van der Waals surface area contributed by atoms with E-state index in [1.165, 1.54) is 0 Å². The average Bonchev–Trinajstić information content (AvgIpc) is 2.64. The molecule has 6 heteroatoms. The Balaban J connectivity index is 2.17. The van der Waals surface area contributed by atoms with E-state index in [1.807, 2.05) is 0 Å². The third kappa shape index (κ3) is 2.63. The van der Waals surface area contributed by atoms with Crippen LogP contribution in [0.2, 0.25) is 10.0 Å². The fraction of sp³-hybridized carbons (Fsp3) is 0.300. The normalized spacial score (nSPS) is 24.6. The monoisotopic (exact) mass is 277 g/mol. The highest BCUT2D eigenvalue weighted by Gasteiger charge is 2.30. The largest absolute Gasteiger partial charge is 0.480 e. The van der Waals surface area contributed by atoms with Crippen molar-refractivity contribution in [3.63, 3.8) is 0 Å². The molecule has 0 aliphatic carbocycles. The lowest BCUT2D eigenvalue weighted by Gasteiger charge is -2.12. The van der Waals surface area contributed by atoms with E-state index in [2.05, 4.69) is 5.32 Å². The summed E-state index contributed by atoms with van der Waals surface area (Å²) in [5.74, 6) is -0.285. The van der Waals surface area contributed by atoms with Gasteiger partial charge in [0.25, 0.3) is 0 Å². The van der Waals surface area contributed by atoms with E-state index in [1.54, 1.807) is 30.0 Å². The zero-order valence-corrected chi connectivity index (χ0v) is 10.4. The van der Waals surface area contributed by atoms with Gasteiger partial charge in [0.15, 0.2) is 0 Å². The number of nitrogens with one attached hydrogen (secondary N) is 1. The van der Waals surface area contributed by atoms with Crippen molar-refractivity contribution < 1.29 is 9.90 Å². The Morgan fingerprint density at radius 1 is 1.38 bits per heavy atom. The number of benzene rings is 1. The van der Waals surface area contributed by atoms with E-state index < -0.39 is 12.0 Å². The van der Waals surface area contributed by atoms with E-state index in [9.17, 15) is 4.79 Å². The molecule has 0 bridgehead atoms. The molecular weight excluding hydrogens is 269 g/mol. The zero-order chi connectivity index (χ0) is 11.7. The van der Waals surface area contributed by atoms with Crippen molar-refractivity contribution in [2.24, 2.45) is 0 Å². The second kappa shape index (κ2) is 4.84. The Bertz CT molecular complexity index is 407. The van der Waals surface area contributed by atoms with Gasteiger partial charge in [0.05, 0.1) is 5.37 Å². The van der Waals surface area contributed by atoms with Gasteiger partial charge in [-0.3, -0.25) is 10.1 Å². The third-order valence-electron chi connectivity index (χ3n) is 2.27. The number of carbonyl (C=O) groups is 1. The second-order valence-electron chi connectivity index (χ2n) is 3.47. The Morgan fingerprint density at radius 3 is 2.50 bits per heavy atom. The van der Waals surface area contributed by atoms with Crippen LogP contribution in [0.15, 0.2) is 18.2 Å². The van der Waals surface area contributed by atoms with Crippen LogP contribution < -0.4 is 5.32 Å². The minimum atomic E-state index is -0.830. The van der Waals surface area contributed by atoms with E-state index in [0.717, 1.165) is 5.56 Å². The molecular formula is C10H9Cl2NO2S. The van der Waals surface area contributed by atoms with Crippen LogP contribution in [0, 0.1) is 0 Å².